The van der Waals surface area contributed by atoms with Crippen LogP contribution in [0.3, 0.4) is 0 Å². The zero-order valence-corrected chi connectivity index (χ0v) is 11.3. The van der Waals surface area contributed by atoms with E-state index in [1.54, 1.807) is 0 Å². The van der Waals surface area contributed by atoms with Gasteiger partial charge >= 0.3 is 11.9 Å². The molecule has 0 aliphatic heterocycles. The van der Waals surface area contributed by atoms with Gasteiger partial charge in [-0.2, -0.15) is 0 Å². The molecule has 0 aromatic carbocycles. The van der Waals surface area contributed by atoms with Crippen molar-refractivity contribution >= 4 is 11.9 Å². The van der Waals surface area contributed by atoms with Crippen molar-refractivity contribution in [2.24, 2.45) is 11.3 Å². The van der Waals surface area contributed by atoms with E-state index in [4.69, 9.17) is 4.74 Å². The van der Waals surface area contributed by atoms with Crippen LogP contribution in [-0.2, 0) is 19.1 Å². The molecular weight excluding hydrogens is 220 g/mol. The Balaban J connectivity index is 4.19. The molecule has 98 valence electrons. The van der Waals surface area contributed by atoms with E-state index < -0.39 is 0 Å². The number of esters is 2. The van der Waals surface area contributed by atoms with Crippen molar-refractivity contribution in [3.8, 4) is 0 Å². The number of rotatable bonds is 6. The summed E-state index contributed by atoms with van der Waals surface area (Å²) in [5.74, 6) is -0.373. The molecule has 4 heteroatoms. The highest BCUT2D eigenvalue weighted by molar-refractivity contribution is 5.81. The van der Waals surface area contributed by atoms with Gasteiger partial charge in [-0.15, -0.1) is 0 Å². The second kappa shape index (κ2) is 7.09. The van der Waals surface area contributed by atoms with Gasteiger partial charge in [0.25, 0.3) is 0 Å². The van der Waals surface area contributed by atoms with Crippen LogP contribution in [0.1, 0.15) is 34.1 Å². The summed E-state index contributed by atoms with van der Waals surface area (Å²) in [5.41, 5.74) is -0.131. The van der Waals surface area contributed by atoms with Crippen molar-refractivity contribution in [2.45, 2.75) is 34.1 Å². The van der Waals surface area contributed by atoms with Gasteiger partial charge in [0.05, 0.1) is 13.7 Å². The number of hydrogen-bond donors (Lipinski definition) is 0. The summed E-state index contributed by atoms with van der Waals surface area (Å²) in [4.78, 5) is 21.7. The quantitative estimate of drug-likeness (QED) is 0.530. The monoisotopic (exact) mass is 242 g/mol. The summed E-state index contributed by atoms with van der Waals surface area (Å²) in [6.07, 6.45) is 4.08. The summed E-state index contributed by atoms with van der Waals surface area (Å²) in [5, 5.41) is 0. The Morgan fingerprint density at radius 3 is 2.41 bits per heavy atom. The lowest BCUT2D eigenvalue weighted by atomic mass is 9.83. The molecule has 0 aliphatic rings. The normalized spacial score (nSPS) is 13.5. The van der Waals surface area contributed by atoms with Gasteiger partial charge in [-0.25, -0.2) is 4.79 Å². The van der Waals surface area contributed by atoms with Crippen molar-refractivity contribution in [3.05, 3.63) is 12.2 Å². The minimum absolute atomic E-state index is 0.131. The molecule has 0 N–H and O–H groups in total. The predicted molar refractivity (Wildman–Crippen MR) is 65.4 cm³/mol. The van der Waals surface area contributed by atoms with E-state index in [1.165, 1.54) is 20.1 Å². The molecule has 0 amide bonds. The smallest absolute Gasteiger partial charge is 0.330 e. The summed E-state index contributed by atoms with van der Waals surface area (Å²) in [6.45, 7) is 7.87. The van der Waals surface area contributed by atoms with Crippen LogP contribution in [0.15, 0.2) is 12.2 Å². The van der Waals surface area contributed by atoms with Crippen LogP contribution in [0.25, 0.3) is 0 Å². The third kappa shape index (κ3) is 8.48. The third-order valence-electron chi connectivity index (χ3n) is 2.32. The minimum atomic E-state index is -0.356. The molecule has 0 aliphatic carbocycles. The van der Waals surface area contributed by atoms with Crippen LogP contribution in [-0.4, -0.2) is 25.7 Å². The van der Waals surface area contributed by atoms with Crippen LogP contribution in [0.4, 0.5) is 0 Å². The van der Waals surface area contributed by atoms with E-state index in [-0.39, 0.29) is 23.3 Å². The van der Waals surface area contributed by atoms with Gasteiger partial charge in [-0.1, -0.05) is 26.8 Å². The molecule has 1 atom stereocenters. The maximum Gasteiger partial charge on any atom is 0.330 e. The SMILES string of the molecule is COC(=O)/C=C/C(C)(C)CC(C)COC(C)=O. The summed E-state index contributed by atoms with van der Waals surface area (Å²) in [7, 11) is 1.35. The number of hydrogen-bond acceptors (Lipinski definition) is 4. The Kier molecular flexibility index (Phi) is 6.54. The molecule has 0 rings (SSSR count). The Hall–Kier alpha value is -1.32. The van der Waals surface area contributed by atoms with Gasteiger partial charge in [0, 0.05) is 13.0 Å². The minimum Gasteiger partial charge on any atom is -0.466 e. The number of carbonyl (C=O) groups is 2. The Labute approximate surface area is 103 Å². The van der Waals surface area contributed by atoms with Crippen LogP contribution in [0.2, 0.25) is 0 Å². The fourth-order valence-corrected chi connectivity index (χ4v) is 1.65. The summed E-state index contributed by atoms with van der Waals surface area (Å²) in [6, 6.07) is 0. The summed E-state index contributed by atoms with van der Waals surface area (Å²) >= 11 is 0. The molecule has 1 unspecified atom stereocenters. The second-order valence-electron chi connectivity index (χ2n) is 4.96. The largest absolute Gasteiger partial charge is 0.466 e. The lowest BCUT2D eigenvalue weighted by Gasteiger charge is -2.24. The molecule has 0 aromatic heterocycles. The van der Waals surface area contributed by atoms with Gasteiger partial charge in [-0.3, -0.25) is 4.79 Å². The fraction of sp³-hybridized carbons (Fsp3) is 0.692. The highest BCUT2D eigenvalue weighted by Crippen LogP contribution is 2.27. The van der Waals surface area contributed by atoms with Crippen molar-refractivity contribution in [1.29, 1.82) is 0 Å². The number of carbonyl (C=O) groups excluding carboxylic acids is 2. The molecule has 0 radical (unpaired) electrons. The fourth-order valence-electron chi connectivity index (χ4n) is 1.65. The van der Waals surface area contributed by atoms with Crippen molar-refractivity contribution in [3.63, 3.8) is 0 Å². The Morgan fingerprint density at radius 1 is 1.35 bits per heavy atom. The number of methoxy groups -OCH3 is 1. The molecule has 0 saturated carbocycles. The predicted octanol–water partition coefficient (Wildman–Crippen LogP) is 2.33. The van der Waals surface area contributed by atoms with E-state index in [2.05, 4.69) is 4.74 Å². The lowest BCUT2D eigenvalue weighted by Crippen LogP contribution is -2.18. The second-order valence-corrected chi connectivity index (χ2v) is 4.96. The molecule has 17 heavy (non-hydrogen) atoms. The van der Waals surface area contributed by atoms with E-state index in [0.29, 0.717) is 6.61 Å². The van der Waals surface area contributed by atoms with E-state index in [1.807, 2.05) is 26.8 Å². The first kappa shape index (κ1) is 15.7. The standard InChI is InChI=1S/C13H22O4/c1-10(9-17-11(2)14)8-13(3,4)7-6-12(15)16-5/h6-7,10H,8-9H2,1-5H3/b7-6+. The van der Waals surface area contributed by atoms with Crippen molar-refractivity contribution < 1.29 is 19.1 Å². The maximum absolute atomic E-state index is 11.0. The highest BCUT2D eigenvalue weighted by atomic mass is 16.5. The van der Waals surface area contributed by atoms with Crippen LogP contribution >= 0.6 is 0 Å². The average Bonchev–Trinajstić information content (AvgIpc) is 2.22. The van der Waals surface area contributed by atoms with Crippen LogP contribution in [0.5, 0.6) is 0 Å². The Bertz CT molecular complexity index is 292. The molecule has 4 nitrogen and oxygen atoms in total. The first-order chi connectivity index (χ1) is 7.76. The zero-order valence-electron chi connectivity index (χ0n) is 11.3. The third-order valence-corrected chi connectivity index (χ3v) is 2.32. The topological polar surface area (TPSA) is 52.6 Å². The maximum atomic E-state index is 11.0. The first-order valence-electron chi connectivity index (χ1n) is 5.67. The molecule has 0 heterocycles. The van der Waals surface area contributed by atoms with Gasteiger partial charge in [0.2, 0.25) is 0 Å². The number of ether oxygens (including phenoxy) is 2. The van der Waals surface area contributed by atoms with Gasteiger partial charge in [0.1, 0.15) is 0 Å². The summed E-state index contributed by atoms with van der Waals surface area (Å²) < 4.78 is 9.48. The average molecular weight is 242 g/mol. The molecule has 0 fully saturated rings. The van der Waals surface area contributed by atoms with Gasteiger partial charge < -0.3 is 9.47 Å². The van der Waals surface area contributed by atoms with Crippen LogP contribution in [0, 0.1) is 11.3 Å². The highest BCUT2D eigenvalue weighted by Gasteiger charge is 2.19. The van der Waals surface area contributed by atoms with E-state index in [9.17, 15) is 9.59 Å². The molecule has 0 spiro atoms. The van der Waals surface area contributed by atoms with E-state index in [0.717, 1.165) is 6.42 Å². The number of allylic oxidation sites excluding steroid dienone is 1. The molecule has 0 aromatic rings. The Morgan fingerprint density at radius 2 is 1.94 bits per heavy atom. The zero-order chi connectivity index (χ0) is 13.5. The van der Waals surface area contributed by atoms with Crippen LogP contribution < -0.4 is 0 Å². The molecule has 0 bridgehead atoms. The molecular formula is C13H22O4. The van der Waals surface area contributed by atoms with E-state index >= 15 is 0 Å². The van der Waals surface area contributed by atoms with Crippen molar-refractivity contribution in [2.75, 3.05) is 13.7 Å². The van der Waals surface area contributed by atoms with Gasteiger partial charge in [0.15, 0.2) is 0 Å². The first-order valence-corrected chi connectivity index (χ1v) is 5.67. The van der Waals surface area contributed by atoms with Gasteiger partial charge in [-0.05, 0) is 17.8 Å². The van der Waals surface area contributed by atoms with Crippen molar-refractivity contribution in [1.82, 2.24) is 0 Å². The molecule has 0 saturated heterocycles. The lowest BCUT2D eigenvalue weighted by molar-refractivity contribution is -0.142.